The van der Waals surface area contributed by atoms with E-state index < -0.39 is 11.7 Å². The fourth-order valence-electron chi connectivity index (χ4n) is 1.01. The standard InChI is InChI=1S/C9H10FNO3/c1-13-6-3-5(9(11)12)4-7(14-2)8(6)10/h3-4H,1-2H3,(H2,11,12). The van der Waals surface area contributed by atoms with Crippen LogP contribution in [0.4, 0.5) is 4.39 Å². The lowest BCUT2D eigenvalue weighted by atomic mass is 10.2. The maximum atomic E-state index is 13.3. The van der Waals surface area contributed by atoms with Gasteiger partial charge in [0.25, 0.3) is 0 Å². The van der Waals surface area contributed by atoms with Crippen LogP contribution in [0, 0.1) is 5.82 Å². The van der Waals surface area contributed by atoms with Crippen molar-refractivity contribution < 1.29 is 18.7 Å². The Labute approximate surface area is 80.4 Å². The smallest absolute Gasteiger partial charge is 0.248 e. The van der Waals surface area contributed by atoms with E-state index in [1.165, 1.54) is 26.4 Å². The summed E-state index contributed by atoms with van der Waals surface area (Å²) in [4.78, 5) is 10.8. The second-order valence-electron chi connectivity index (χ2n) is 2.56. The number of methoxy groups -OCH3 is 2. The number of hydrogen-bond donors (Lipinski definition) is 1. The van der Waals surface area contributed by atoms with Gasteiger partial charge < -0.3 is 15.2 Å². The van der Waals surface area contributed by atoms with Gasteiger partial charge in [-0.3, -0.25) is 4.79 Å². The molecule has 1 rings (SSSR count). The van der Waals surface area contributed by atoms with Crippen molar-refractivity contribution >= 4 is 5.91 Å². The average molecular weight is 199 g/mol. The van der Waals surface area contributed by atoms with Gasteiger partial charge in [0.15, 0.2) is 11.5 Å². The van der Waals surface area contributed by atoms with Crippen molar-refractivity contribution in [2.24, 2.45) is 5.73 Å². The van der Waals surface area contributed by atoms with Crippen molar-refractivity contribution in [2.75, 3.05) is 14.2 Å². The minimum Gasteiger partial charge on any atom is -0.494 e. The summed E-state index contributed by atoms with van der Waals surface area (Å²) in [5.74, 6) is -1.46. The highest BCUT2D eigenvalue weighted by Gasteiger charge is 2.14. The summed E-state index contributed by atoms with van der Waals surface area (Å²) >= 11 is 0. The molecule has 1 aromatic rings. The fourth-order valence-corrected chi connectivity index (χ4v) is 1.01. The van der Waals surface area contributed by atoms with Crippen LogP contribution in [0.1, 0.15) is 10.4 Å². The molecule has 76 valence electrons. The third-order valence-electron chi connectivity index (χ3n) is 1.73. The van der Waals surface area contributed by atoms with Gasteiger partial charge in [-0.2, -0.15) is 4.39 Å². The van der Waals surface area contributed by atoms with Gasteiger partial charge >= 0.3 is 0 Å². The van der Waals surface area contributed by atoms with Crippen LogP contribution < -0.4 is 15.2 Å². The van der Waals surface area contributed by atoms with Crippen LogP contribution in [-0.2, 0) is 0 Å². The van der Waals surface area contributed by atoms with Gasteiger partial charge in [0.05, 0.1) is 14.2 Å². The predicted octanol–water partition coefficient (Wildman–Crippen LogP) is 0.942. The van der Waals surface area contributed by atoms with E-state index in [1.54, 1.807) is 0 Å². The summed E-state index contributed by atoms with van der Waals surface area (Å²) in [7, 11) is 2.59. The van der Waals surface area contributed by atoms with Gasteiger partial charge in [-0.1, -0.05) is 0 Å². The van der Waals surface area contributed by atoms with Crippen LogP contribution in [-0.4, -0.2) is 20.1 Å². The van der Waals surface area contributed by atoms with Crippen molar-refractivity contribution in [3.05, 3.63) is 23.5 Å². The molecule has 0 bridgehead atoms. The van der Waals surface area contributed by atoms with Gasteiger partial charge in [0.1, 0.15) is 0 Å². The number of carbonyl (C=O) groups is 1. The van der Waals surface area contributed by atoms with E-state index in [-0.39, 0.29) is 17.1 Å². The van der Waals surface area contributed by atoms with Crippen LogP contribution in [0.15, 0.2) is 12.1 Å². The lowest BCUT2D eigenvalue weighted by Gasteiger charge is -2.08. The number of rotatable bonds is 3. The zero-order valence-corrected chi connectivity index (χ0v) is 7.83. The second-order valence-corrected chi connectivity index (χ2v) is 2.56. The number of ether oxygens (including phenoxy) is 2. The Morgan fingerprint density at radius 2 is 1.71 bits per heavy atom. The Hall–Kier alpha value is -1.78. The molecular formula is C9H10FNO3. The first-order chi connectivity index (χ1) is 6.60. The first kappa shape index (κ1) is 10.3. The topological polar surface area (TPSA) is 61.5 Å². The maximum absolute atomic E-state index is 13.3. The largest absolute Gasteiger partial charge is 0.494 e. The highest BCUT2D eigenvalue weighted by molar-refractivity contribution is 5.93. The molecule has 0 atom stereocenters. The van der Waals surface area contributed by atoms with Crippen LogP contribution >= 0.6 is 0 Å². The molecule has 0 spiro atoms. The molecule has 2 N–H and O–H groups in total. The van der Waals surface area contributed by atoms with Crippen molar-refractivity contribution in [3.63, 3.8) is 0 Å². The quantitative estimate of drug-likeness (QED) is 0.788. The molecule has 0 aliphatic carbocycles. The molecule has 0 aliphatic heterocycles. The van der Waals surface area contributed by atoms with E-state index in [1.807, 2.05) is 0 Å². The molecule has 1 amide bonds. The zero-order valence-electron chi connectivity index (χ0n) is 7.83. The molecule has 0 saturated heterocycles. The van der Waals surface area contributed by atoms with E-state index in [2.05, 4.69) is 0 Å². The van der Waals surface area contributed by atoms with E-state index in [4.69, 9.17) is 15.2 Å². The van der Waals surface area contributed by atoms with E-state index >= 15 is 0 Å². The summed E-state index contributed by atoms with van der Waals surface area (Å²) < 4.78 is 22.7. The predicted molar refractivity (Wildman–Crippen MR) is 48.0 cm³/mol. The average Bonchev–Trinajstić information content (AvgIpc) is 2.17. The van der Waals surface area contributed by atoms with E-state index in [0.717, 1.165) is 0 Å². The summed E-state index contributed by atoms with van der Waals surface area (Å²) in [6, 6.07) is 2.44. The molecule has 0 aromatic heterocycles. The maximum Gasteiger partial charge on any atom is 0.248 e. The number of benzene rings is 1. The Bertz CT molecular complexity index is 340. The van der Waals surface area contributed by atoms with Crippen molar-refractivity contribution in [1.29, 1.82) is 0 Å². The van der Waals surface area contributed by atoms with Gasteiger partial charge in [-0.15, -0.1) is 0 Å². The first-order valence-electron chi connectivity index (χ1n) is 3.81. The molecule has 1 aromatic carbocycles. The number of nitrogens with two attached hydrogens (primary N) is 1. The number of amides is 1. The van der Waals surface area contributed by atoms with Crippen LogP contribution in [0.5, 0.6) is 11.5 Å². The Kier molecular flexibility index (Phi) is 2.91. The molecule has 0 heterocycles. The molecule has 0 radical (unpaired) electrons. The Morgan fingerprint density at radius 3 is 2.00 bits per heavy atom. The molecule has 0 fully saturated rings. The van der Waals surface area contributed by atoms with Crippen molar-refractivity contribution in [2.45, 2.75) is 0 Å². The third kappa shape index (κ3) is 1.76. The van der Waals surface area contributed by atoms with E-state index in [9.17, 15) is 9.18 Å². The number of carbonyl (C=O) groups excluding carboxylic acids is 1. The summed E-state index contributed by atoms with van der Waals surface area (Å²) in [5, 5.41) is 0. The van der Waals surface area contributed by atoms with Crippen molar-refractivity contribution in [1.82, 2.24) is 0 Å². The number of hydrogen-bond acceptors (Lipinski definition) is 3. The molecule has 14 heavy (non-hydrogen) atoms. The van der Waals surface area contributed by atoms with Gasteiger partial charge in [0.2, 0.25) is 11.7 Å². The molecule has 0 unspecified atom stereocenters. The zero-order chi connectivity index (χ0) is 10.7. The highest BCUT2D eigenvalue weighted by Crippen LogP contribution is 2.28. The Balaban J connectivity index is 3.32. The van der Waals surface area contributed by atoms with Crippen LogP contribution in [0.2, 0.25) is 0 Å². The lowest BCUT2D eigenvalue weighted by Crippen LogP contribution is -2.11. The molecule has 5 heteroatoms. The van der Waals surface area contributed by atoms with Gasteiger partial charge in [-0.05, 0) is 12.1 Å². The lowest BCUT2D eigenvalue weighted by molar-refractivity contribution is 0.0999. The molecular weight excluding hydrogens is 189 g/mol. The normalized spacial score (nSPS) is 9.64. The van der Waals surface area contributed by atoms with Crippen LogP contribution in [0.25, 0.3) is 0 Å². The summed E-state index contributed by atoms with van der Waals surface area (Å²) in [5.41, 5.74) is 5.18. The highest BCUT2D eigenvalue weighted by atomic mass is 19.1. The summed E-state index contributed by atoms with van der Waals surface area (Å²) in [6.45, 7) is 0. The number of primary amides is 1. The monoisotopic (exact) mass is 199 g/mol. The van der Waals surface area contributed by atoms with Gasteiger partial charge in [-0.25, -0.2) is 0 Å². The van der Waals surface area contributed by atoms with Crippen LogP contribution in [0.3, 0.4) is 0 Å². The molecule has 0 saturated carbocycles. The SMILES string of the molecule is COc1cc(C(N)=O)cc(OC)c1F. The third-order valence-corrected chi connectivity index (χ3v) is 1.73. The number of halogens is 1. The minimum atomic E-state index is -0.665. The molecule has 0 aliphatic rings. The second kappa shape index (κ2) is 3.95. The van der Waals surface area contributed by atoms with E-state index in [0.29, 0.717) is 0 Å². The minimum absolute atomic E-state index is 0.0712. The summed E-state index contributed by atoms with van der Waals surface area (Å²) in [6.07, 6.45) is 0. The Morgan fingerprint density at radius 1 is 1.29 bits per heavy atom. The fraction of sp³-hybridized carbons (Fsp3) is 0.222. The molecule has 4 nitrogen and oxygen atoms in total. The van der Waals surface area contributed by atoms with Gasteiger partial charge in [0, 0.05) is 5.56 Å². The van der Waals surface area contributed by atoms with Crippen molar-refractivity contribution in [3.8, 4) is 11.5 Å². The first-order valence-corrected chi connectivity index (χ1v) is 3.81.